The number of fused-ring (bicyclic) bond motifs is 2. The van der Waals surface area contributed by atoms with Gasteiger partial charge in [0.1, 0.15) is 5.60 Å². The van der Waals surface area contributed by atoms with Crippen LogP contribution in [0.3, 0.4) is 0 Å². The van der Waals surface area contributed by atoms with E-state index in [1.54, 1.807) is 44.5 Å². The summed E-state index contributed by atoms with van der Waals surface area (Å²) in [4.78, 5) is 16.8. The lowest BCUT2D eigenvalue weighted by Gasteiger charge is -2.19. The van der Waals surface area contributed by atoms with Crippen molar-refractivity contribution in [2.24, 2.45) is 0 Å². The number of halogens is 1. The number of rotatable bonds is 3. The van der Waals surface area contributed by atoms with E-state index >= 15 is 0 Å². The van der Waals surface area contributed by atoms with Gasteiger partial charge in [0.25, 0.3) is 10.0 Å². The molecule has 0 amide bonds. The van der Waals surface area contributed by atoms with Gasteiger partial charge in [-0.3, -0.25) is 9.12 Å². The first-order valence-electron chi connectivity index (χ1n) is 8.40. The molecular formula is C17H16ClN5O4S2. The Balaban J connectivity index is 1.66. The molecule has 12 heteroatoms. The van der Waals surface area contributed by atoms with Crippen LogP contribution in [0.2, 0.25) is 5.15 Å². The molecule has 1 aromatic carbocycles. The highest BCUT2D eigenvalue weighted by molar-refractivity contribution is 7.92. The summed E-state index contributed by atoms with van der Waals surface area (Å²) in [6, 6.07) is 4.69. The fourth-order valence-electron chi connectivity index (χ4n) is 2.73. The van der Waals surface area contributed by atoms with Gasteiger partial charge in [-0.25, -0.2) is 9.78 Å². The minimum Gasteiger partial charge on any atom is -0.442 e. The third kappa shape index (κ3) is 3.68. The number of ether oxygens (including phenoxy) is 1. The number of benzene rings is 1. The fraction of sp³-hybridized carbons (Fsp3) is 0.235. The number of aromatic nitrogens is 4. The summed E-state index contributed by atoms with van der Waals surface area (Å²) in [5, 5.41) is 6.08. The number of hydrogen-bond donors (Lipinski definition) is 1. The van der Waals surface area contributed by atoms with Crippen molar-refractivity contribution in [2.75, 3.05) is 4.72 Å². The van der Waals surface area contributed by atoms with Gasteiger partial charge >= 0.3 is 6.09 Å². The number of anilines is 1. The molecule has 0 aliphatic carbocycles. The van der Waals surface area contributed by atoms with Crippen molar-refractivity contribution in [3.05, 3.63) is 41.1 Å². The lowest BCUT2D eigenvalue weighted by Crippen LogP contribution is -2.27. The van der Waals surface area contributed by atoms with E-state index in [-0.39, 0.29) is 10.2 Å². The minimum absolute atomic E-state index is 0.108. The fourth-order valence-corrected chi connectivity index (χ4v) is 5.23. The first-order chi connectivity index (χ1) is 13.5. The van der Waals surface area contributed by atoms with Crippen LogP contribution in [-0.4, -0.2) is 39.3 Å². The molecule has 0 atom stereocenters. The number of carbonyl (C=O) groups excluding carboxylic acids is 1. The summed E-state index contributed by atoms with van der Waals surface area (Å²) < 4.78 is 36.1. The van der Waals surface area contributed by atoms with Crippen LogP contribution in [0.15, 0.2) is 41.0 Å². The van der Waals surface area contributed by atoms with Gasteiger partial charge in [-0.15, -0.1) is 11.3 Å². The van der Waals surface area contributed by atoms with Crippen LogP contribution >= 0.6 is 22.9 Å². The zero-order valence-corrected chi connectivity index (χ0v) is 18.0. The maximum absolute atomic E-state index is 12.9. The molecule has 0 fully saturated rings. The van der Waals surface area contributed by atoms with Crippen molar-refractivity contribution >= 4 is 60.6 Å². The van der Waals surface area contributed by atoms with Crippen molar-refractivity contribution in [1.29, 1.82) is 0 Å². The van der Waals surface area contributed by atoms with Gasteiger partial charge in [-0.1, -0.05) is 11.6 Å². The smallest absolute Gasteiger partial charge is 0.435 e. The molecule has 29 heavy (non-hydrogen) atoms. The van der Waals surface area contributed by atoms with Crippen LogP contribution in [0.5, 0.6) is 0 Å². The zero-order valence-electron chi connectivity index (χ0n) is 15.6. The standard InChI is InChI=1S/C17H16ClN5O4S2/c1-17(2,3)27-16(24)23-12-5-4-11(8-10(12)9-19-23)21-29(25,26)14-13(18)20-15-22(14)6-7-28-15/h4-9,21H,1-3H3. The summed E-state index contributed by atoms with van der Waals surface area (Å²) in [7, 11) is -3.99. The minimum atomic E-state index is -3.99. The van der Waals surface area contributed by atoms with Gasteiger partial charge in [-0.2, -0.15) is 18.2 Å². The molecule has 0 saturated carbocycles. The van der Waals surface area contributed by atoms with Crippen LogP contribution in [0.4, 0.5) is 10.5 Å². The molecule has 4 aromatic rings. The van der Waals surface area contributed by atoms with Gasteiger partial charge in [0, 0.05) is 22.7 Å². The molecule has 0 unspecified atom stereocenters. The third-order valence-corrected chi connectivity index (χ3v) is 6.36. The lowest BCUT2D eigenvalue weighted by molar-refractivity contribution is 0.0522. The molecule has 152 valence electrons. The number of carbonyl (C=O) groups is 1. The molecule has 0 aliphatic heterocycles. The Bertz CT molecular complexity index is 1350. The number of hydrogen-bond acceptors (Lipinski definition) is 7. The molecule has 0 bridgehead atoms. The molecule has 3 heterocycles. The van der Waals surface area contributed by atoms with Crippen molar-refractivity contribution in [1.82, 2.24) is 19.2 Å². The summed E-state index contributed by atoms with van der Waals surface area (Å²) >= 11 is 7.31. The predicted octanol–water partition coefficient (Wildman–Crippen LogP) is 3.98. The highest BCUT2D eigenvalue weighted by Gasteiger charge is 2.26. The van der Waals surface area contributed by atoms with Crippen LogP contribution in [0.1, 0.15) is 20.8 Å². The third-order valence-electron chi connectivity index (χ3n) is 3.82. The average molecular weight is 454 g/mol. The predicted molar refractivity (Wildman–Crippen MR) is 110 cm³/mol. The summed E-state index contributed by atoms with van der Waals surface area (Å²) in [6.07, 6.45) is 2.42. The molecular weight excluding hydrogens is 438 g/mol. The Morgan fingerprint density at radius 1 is 1.31 bits per heavy atom. The molecule has 0 spiro atoms. The molecule has 0 radical (unpaired) electrons. The van der Waals surface area contributed by atoms with Crippen LogP contribution in [0, 0.1) is 0 Å². The Hall–Kier alpha value is -2.63. The maximum atomic E-state index is 12.9. The first-order valence-corrected chi connectivity index (χ1v) is 11.1. The number of thiazole rings is 1. The van der Waals surface area contributed by atoms with Crippen molar-refractivity contribution in [3.8, 4) is 0 Å². The maximum Gasteiger partial charge on any atom is 0.435 e. The number of nitrogens with one attached hydrogen (secondary N) is 1. The summed E-state index contributed by atoms with van der Waals surface area (Å²) in [5.41, 5.74) is 0.120. The monoisotopic (exact) mass is 453 g/mol. The van der Waals surface area contributed by atoms with Gasteiger partial charge in [0.2, 0.25) is 0 Å². The van der Waals surface area contributed by atoms with Gasteiger partial charge in [0.15, 0.2) is 15.1 Å². The first kappa shape index (κ1) is 19.7. The van der Waals surface area contributed by atoms with E-state index in [2.05, 4.69) is 14.8 Å². The average Bonchev–Trinajstić information content (AvgIpc) is 3.25. The van der Waals surface area contributed by atoms with Crippen molar-refractivity contribution < 1.29 is 17.9 Å². The van der Waals surface area contributed by atoms with Crippen LogP contribution < -0.4 is 4.72 Å². The zero-order chi connectivity index (χ0) is 21.0. The second kappa shape index (κ2) is 6.71. The quantitative estimate of drug-likeness (QED) is 0.502. The van der Waals surface area contributed by atoms with Crippen molar-refractivity contribution in [3.63, 3.8) is 0 Å². The molecule has 0 saturated heterocycles. The van der Waals surface area contributed by atoms with Crippen LogP contribution in [0.25, 0.3) is 15.9 Å². The summed E-state index contributed by atoms with van der Waals surface area (Å²) in [5.74, 6) is 0. The van der Waals surface area contributed by atoms with E-state index in [1.807, 2.05) is 0 Å². The molecule has 1 N–H and O–H groups in total. The topological polar surface area (TPSA) is 108 Å². The number of imidazole rings is 1. The molecule has 3 aromatic heterocycles. The number of sulfonamides is 1. The van der Waals surface area contributed by atoms with E-state index in [4.69, 9.17) is 16.3 Å². The van der Waals surface area contributed by atoms with Crippen molar-refractivity contribution in [2.45, 2.75) is 31.4 Å². The second-order valence-corrected chi connectivity index (χ2v) is 10.0. The Labute approximate surface area is 174 Å². The van der Waals surface area contributed by atoms with E-state index in [0.717, 1.165) is 4.68 Å². The van der Waals surface area contributed by atoms with E-state index in [1.165, 1.54) is 28.0 Å². The lowest BCUT2D eigenvalue weighted by atomic mass is 10.2. The molecule has 9 nitrogen and oxygen atoms in total. The normalized spacial score (nSPS) is 12.6. The summed E-state index contributed by atoms with van der Waals surface area (Å²) in [6.45, 7) is 5.28. The van der Waals surface area contributed by atoms with Gasteiger partial charge in [0.05, 0.1) is 11.7 Å². The van der Waals surface area contributed by atoms with E-state index in [0.29, 0.717) is 21.6 Å². The van der Waals surface area contributed by atoms with Crippen LogP contribution in [-0.2, 0) is 14.8 Å². The van der Waals surface area contributed by atoms with E-state index < -0.39 is 21.7 Å². The molecule has 0 aliphatic rings. The SMILES string of the molecule is CC(C)(C)OC(=O)n1ncc2cc(NS(=O)(=O)c3c(Cl)nc4sccn34)ccc21. The van der Waals surface area contributed by atoms with Gasteiger partial charge < -0.3 is 4.74 Å². The van der Waals surface area contributed by atoms with Gasteiger partial charge in [-0.05, 0) is 39.0 Å². The Morgan fingerprint density at radius 2 is 2.07 bits per heavy atom. The highest BCUT2D eigenvalue weighted by Crippen LogP contribution is 2.28. The Morgan fingerprint density at radius 3 is 2.79 bits per heavy atom. The van der Waals surface area contributed by atoms with E-state index in [9.17, 15) is 13.2 Å². The highest BCUT2D eigenvalue weighted by atomic mass is 35.5. The number of nitrogens with zero attached hydrogens (tertiary/aromatic N) is 4. The second-order valence-electron chi connectivity index (χ2n) is 7.18. The largest absolute Gasteiger partial charge is 0.442 e. The Kier molecular flexibility index (Phi) is 4.56. The molecule has 4 rings (SSSR count).